The van der Waals surface area contributed by atoms with Crippen molar-refractivity contribution in [3.8, 4) is 11.3 Å². The van der Waals surface area contributed by atoms with Crippen molar-refractivity contribution in [3.63, 3.8) is 0 Å². The van der Waals surface area contributed by atoms with Crippen molar-refractivity contribution in [2.45, 2.75) is 0 Å². The number of halogens is 2. The van der Waals surface area contributed by atoms with E-state index < -0.39 is 0 Å². The van der Waals surface area contributed by atoms with Crippen molar-refractivity contribution in [1.82, 2.24) is 24.1 Å². The highest BCUT2D eigenvalue weighted by molar-refractivity contribution is 9.11. The van der Waals surface area contributed by atoms with E-state index in [-0.39, 0.29) is 0 Å². The van der Waals surface area contributed by atoms with Crippen LogP contribution < -0.4 is 0 Å². The van der Waals surface area contributed by atoms with Gasteiger partial charge in [0.15, 0.2) is 10.3 Å². The molecule has 0 radical (unpaired) electrons. The summed E-state index contributed by atoms with van der Waals surface area (Å²) in [4.78, 5) is 8.58. The van der Waals surface area contributed by atoms with Crippen LogP contribution in [0.4, 0.5) is 0 Å². The second-order valence-electron chi connectivity index (χ2n) is 3.59. The topological polar surface area (TPSA) is 48.0 Å². The highest BCUT2D eigenvalue weighted by Gasteiger charge is 2.11. The highest BCUT2D eigenvalue weighted by Crippen LogP contribution is 2.25. The van der Waals surface area contributed by atoms with E-state index in [1.807, 2.05) is 36.2 Å². The third-order valence-corrected chi connectivity index (χ3v) is 3.34. The lowest BCUT2D eigenvalue weighted by atomic mass is 10.3. The number of aromatic nitrogens is 5. The Morgan fingerprint density at radius 3 is 2.71 bits per heavy atom. The van der Waals surface area contributed by atoms with Crippen LogP contribution in [0.1, 0.15) is 0 Å². The number of nitrogens with zero attached hydrogens (tertiary/aromatic N) is 5. The predicted molar refractivity (Wildman–Crippen MR) is 70.6 cm³/mol. The first-order valence-electron chi connectivity index (χ1n) is 4.83. The Balaban J connectivity index is 2.31. The number of fused-ring (bicyclic) bond motifs is 1. The summed E-state index contributed by atoms with van der Waals surface area (Å²) in [6.45, 7) is 0. The van der Waals surface area contributed by atoms with E-state index in [0.29, 0.717) is 4.60 Å². The molecule has 3 heterocycles. The van der Waals surface area contributed by atoms with E-state index in [1.165, 1.54) is 0 Å². The summed E-state index contributed by atoms with van der Waals surface area (Å²) in [6.07, 6.45) is 7.46. The molecule has 0 aliphatic rings. The molecular formula is C10H7Br2N5. The maximum absolute atomic E-state index is 4.34. The van der Waals surface area contributed by atoms with Gasteiger partial charge in [-0.05, 0) is 31.9 Å². The summed E-state index contributed by atoms with van der Waals surface area (Å²) < 4.78 is 5.19. The molecule has 3 aromatic rings. The fourth-order valence-corrected chi connectivity index (χ4v) is 2.79. The Morgan fingerprint density at radius 2 is 2.00 bits per heavy atom. The molecule has 0 saturated heterocycles. The van der Waals surface area contributed by atoms with Gasteiger partial charge in [-0.3, -0.25) is 9.08 Å². The van der Waals surface area contributed by atoms with Crippen molar-refractivity contribution in [2.75, 3.05) is 0 Å². The molecule has 0 fully saturated rings. The van der Waals surface area contributed by atoms with Crippen molar-refractivity contribution in [1.29, 1.82) is 0 Å². The van der Waals surface area contributed by atoms with Gasteiger partial charge in [0.2, 0.25) is 0 Å². The van der Waals surface area contributed by atoms with Crippen molar-refractivity contribution >= 4 is 37.5 Å². The Morgan fingerprint density at radius 1 is 1.18 bits per heavy atom. The maximum Gasteiger partial charge on any atom is 0.170 e. The Kier molecular flexibility index (Phi) is 2.52. The minimum Gasteiger partial charge on any atom is -0.295 e. The molecule has 0 bridgehead atoms. The molecule has 0 spiro atoms. The molecule has 0 saturated carbocycles. The summed E-state index contributed by atoms with van der Waals surface area (Å²) in [5, 5.41) is 4.16. The summed E-state index contributed by atoms with van der Waals surface area (Å²) in [7, 11) is 1.89. The van der Waals surface area contributed by atoms with E-state index >= 15 is 0 Å². The van der Waals surface area contributed by atoms with E-state index in [1.54, 1.807) is 4.68 Å². The van der Waals surface area contributed by atoms with Crippen LogP contribution in [0.25, 0.3) is 16.9 Å². The van der Waals surface area contributed by atoms with Crippen LogP contribution in [0.3, 0.4) is 0 Å². The molecule has 0 aliphatic heterocycles. The molecule has 0 amide bonds. The summed E-state index contributed by atoms with van der Waals surface area (Å²) >= 11 is 6.76. The first kappa shape index (κ1) is 10.9. The van der Waals surface area contributed by atoms with Crippen LogP contribution in [-0.2, 0) is 7.05 Å². The quantitative estimate of drug-likeness (QED) is 0.673. The largest absolute Gasteiger partial charge is 0.295 e. The van der Waals surface area contributed by atoms with Gasteiger partial charge in [-0.1, -0.05) is 0 Å². The monoisotopic (exact) mass is 355 g/mol. The molecule has 0 unspecified atom stereocenters. The molecule has 7 heteroatoms. The van der Waals surface area contributed by atoms with Crippen LogP contribution in [0.15, 0.2) is 34.0 Å². The van der Waals surface area contributed by atoms with Crippen LogP contribution in [-0.4, -0.2) is 24.1 Å². The molecular weight excluding hydrogens is 350 g/mol. The van der Waals surface area contributed by atoms with Gasteiger partial charge in [0.05, 0.1) is 18.1 Å². The lowest BCUT2D eigenvalue weighted by Gasteiger charge is -2.00. The normalized spacial score (nSPS) is 11.2. The number of rotatable bonds is 1. The molecule has 86 valence electrons. The number of aryl methyl sites for hydroxylation is 1. The second-order valence-corrected chi connectivity index (χ2v) is 5.16. The lowest BCUT2D eigenvalue weighted by Crippen LogP contribution is -1.91. The van der Waals surface area contributed by atoms with E-state index in [0.717, 1.165) is 21.5 Å². The molecule has 0 atom stereocenters. The molecule has 0 aliphatic carbocycles. The predicted octanol–water partition coefficient (Wildman–Crippen LogP) is 2.65. The Hall–Kier alpha value is -1.21. The zero-order valence-corrected chi connectivity index (χ0v) is 12.0. The van der Waals surface area contributed by atoms with Crippen LogP contribution >= 0.6 is 31.9 Å². The number of hydrogen-bond donors (Lipinski definition) is 0. The highest BCUT2D eigenvalue weighted by atomic mass is 79.9. The Labute approximate surface area is 114 Å². The molecule has 3 aromatic heterocycles. The van der Waals surface area contributed by atoms with Crippen molar-refractivity contribution in [3.05, 3.63) is 34.0 Å². The van der Waals surface area contributed by atoms with Crippen molar-refractivity contribution in [2.24, 2.45) is 7.05 Å². The molecule has 17 heavy (non-hydrogen) atoms. The van der Waals surface area contributed by atoms with E-state index in [9.17, 15) is 0 Å². The SMILES string of the molecule is Cn1cc(-c2cnc3c(Br)nc(Br)cn23)cn1. The van der Waals surface area contributed by atoms with Gasteiger partial charge in [0.25, 0.3) is 0 Å². The van der Waals surface area contributed by atoms with Crippen LogP contribution in [0.5, 0.6) is 0 Å². The van der Waals surface area contributed by atoms with E-state index in [4.69, 9.17) is 0 Å². The third kappa shape index (κ3) is 1.79. The smallest absolute Gasteiger partial charge is 0.170 e. The third-order valence-electron chi connectivity index (χ3n) is 2.42. The summed E-state index contributed by atoms with van der Waals surface area (Å²) in [5.74, 6) is 0. The van der Waals surface area contributed by atoms with Gasteiger partial charge in [-0.15, -0.1) is 0 Å². The van der Waals surface area contributed by atoms with Gasteiger partial charge in [0.1, 0.15) is 4.60 Å². The molecule has 5 nitrogen and oxygen atoms in total. The Bertz CT molecular complexity index is 700. The van der Waals surface area contributed by atoms with Gasteiger partial charge in [-0.2, -0.15) is 5.10 Å². The second kappa shape index (κ2) is 3.92. The van der Waals surface area contributed by atoms with Crippen LogP contribution in [0.2, 0.25) is 0 Å². The van der Waals surface area contributed by atoms with Crippen LogP contribution in [0, 0.1) is 0 Å². The minimum atomic E-state index is 0.710. The fraction of sp³-hybridized carbons (Fsp3) is 0.100. The molecule has 0 N–H and O–H groups in total. The average molecular weight is 357 g/mol. The lowest BCUT2D eigenvalue weighted by molar-refractivity contribution is 0.768. The summed E-state index contributed by atoms with van der Waals surface area (Å²) in [6, 6.07) is 0. The summed E-state index contributed by atoms with van der Waals surface area (Å²) in [5.41, 5.74) is 2.79. The zero-order chi connectivity index (χ0) is 12.0. The molecule has 0 aromatic carbocycles. The van der Waals surface area contributed by atoms with Gasteiger partial charge in [-0.25, -0.2) is 9.97 Å². The van der Waals surface area contributed by atoms with Crippen molar-refractivity contribution < 1.29 is 0 Å². The number of hydrogen-bond acceptors (Lipinski definition) is 3. The first-order chi connectivity index (χ1) is 8.15. The van der Waals surface area contributed by atoms with Gasteiger partial charge in [0, 0.05) is 25.0 Å². The fourth-order valence-electron chi connectivity index (χ4n) is 1.69. The maximum atomic E-state index is 4.34. The zero-order valence-electron chi connectivity index (χ0n) is 8.80. The molecule has 3 rings (SSSR count). The van der Waals surface area contributed by atoms with E-state index in [2.05, 4.69) is 46.9 Å². The standard InChI is InChI=1S/C10H7Br2N5/c1-16-4-6(2-14-16)7-3-13-10-9(12)15-8(11)5-17(7)10/h2-5H,1H3. The van der Waals surface area contributed by atoms with Gasteiger partial charge >= 0.3 is 0 Å². The number of imidazole rings is 1. The first-order valence-corrected chi connectivity index (χ1v) is 6.42. The minimum absolute atomic E-state index is 0.710. The average Bonchev–Trinajstić information content (AvgIpc) is 2.83. The van der Waals surface area contributed by atoms with Gasteiger partial charge < -0.3 is 0 Å².